The van der Waals surface area contributed by atoms with Crippen LogP contribution in [0.2, 0.25) is 0 Å². The van der Waals surface area contributed by atoms with Gasteiger partial charge >= 0.3 is 0 Å². The molecule has 5 rings (SSSR count). The fourth-order valence-corrected chi connectivity index (χ4v) is 5.18. The second-order valence-electron chi connectivity index (χ2n) is 8.36. The predicted octanol–water partition coefficient (Wildman–Crippen LogP) is 6.44. The van der Waals surface area contributed by atoms with Crippen molar-refractivity contribution in [2.45, 2.75) is 25.9 Å². The number of benzene rings is 2. The lowest BCUT2D eigenvalue weighted by atomic mass is 10.0. The molecule has 5 nitrogen and oxygen atoms in total. The maximum absolute atomic E-state index is 5.90. The average molecular weight is 533 g/mol. The minimum absolute atomic E-state index is 0.0984. The third kappa shape index (κ3) is 3.99. The molecular formula is C27H25BrN4OS. The number of aromatic nitrogens is 2. The quantitative estimate of drug-likeness (QED) is 0.299. The molecule has 172 valence electrons. The molecule has 0 saturated carbocycles. The molecule has 1 saturated heterocycles. The molecule has 0 spiro atoms. The molecule has 0 radical (unpaired) electrons. The van der Waals surface area contributed by atoms with Gasteiger partial charge in [-0.1, -0.05) is 22.0 Å². The monoisotopic (exact) mass is 532 g/mol. The average Bonchev–Trinajstić information content (AvgIpc) is 3.40. The Bertz CT molecular complexity index is 1340. The molecule has 1 N–H and O–H groups in total. The van der Waals surface area contributed by atoms with E-state index in [9.17, 15) is 0 Å². The Labute approximate surface area is 213 Å². The molecule has 3 heterocycles. The molecule has 0 bridgehead atoms. The lowest BCUT2D eigenvalue weighted by molar-refractivity contribution is 0.414. The van der Waals surface area contributed by atoms with Crippen LogP contribution in [0.1, 0.15) is 34.7 Å². The Balaban J connectivity index is 1.69. The van der Waals surface area contributed by atoms with Crippen molar-refractivity contribution in [2.75, 3.05) is 12.0 Å². The summed E-state index contributed by atoms with van der Waals surface area (Å²) in [7, 11) is 1.68. The number of thiocarbonyl (C=S) groups is 1. The summed E-state index contributed by atoms with van der Waals surface area (Å²) in [5.74, 6) is 0.831. The van der Waals surface area contributed by atoms with E-state index in [2.05, 4.69) is 98.1 Å². The normalized spacial score (nSPS) is 17.6. The summed E-state index contributed by atoms with van der Waals surface area (Å²) in [5.41, 5.74) is 6.49. The second-order valence-corrected chi connectivity index (χ2v) is 9.60. The first-order valence-corrected chi connectivity index (χ1v) is 12.3. The Morgan fingerprint density at radius 3 is 2.41 bits per heavy atom. The number of ether oxygens (including phenoxy) is 1. The first kappa shape index (κ1) is 22.6. The molecule has 1 aliphatic heterocycles. The number of nitrogens with zero attached hydrogens (tertiary/aromatic N) is 3. The van der Waals surface area contributed by atoms with Crippen LogP contribution in [-0.2, 0) is 0 Å². The molecule has 34 heavy (non-hydrogen) atoms. The van der Waals surface area contributed by atoms with Crippen LogP contribution in [0, 0.1) is 13.8 Å². The minimum Gasteiger partial charge on any atom is -0.497 e. The van der Waals surface area contributed by atoms with Gasteiger partial charge in [0.05, 0.1) is 18.8 Å². The number of hydrogen-bond donors (Lipinski definition) is 1. The summed E-state index contributed by atoms with van der Waals surface area (Å²) in [6.45, 7) is 4.22. The molecule has 2 aromatic heterocycles. The highest BCUT2D eigenvalue weighted by Gasteiger charge is 2.42. The van der Waals surface area contributed by atoms with Crippen LogP contribution in [0.15, 0.2) is 83.5 Å². The number of nitrogens with one attached hydrogen (secondary N) is 1. The van der Waals surface area contributed by atoms with Gasteiger partial charge in [0.25, 0.3) is 0 Å². The molecule has 0 unspecified atom stereocenters. The van der Waals surface area contributed by atoms with Crippen LogP contribution in [-0.4, -0.2) is 21.8 Å². The lowest BCUT2D eigenvalue weighted by Gasteiger charge is -2.29. The summed E-state index contributed by atoms with van der Waals surface area (Å²) >= 11 is 9.53. The van der Waals surface area contributed by atoms with Gasteiger partial charge in [0.2, 0.25) is 0 Å². The summed E-state index contributed by atoms with van der Waals surface area (Å²) in [6.07, 6.45) is 1.83. The molecule has 0 aliphatic carbocycles. The van der Waals surface area contributed by atoms with Gasteiger partial charge in [0.15, 0.2) is 5.11 Å². The molecule has 2 aromatic carbocycles. The van der Waals surface area contributed by atoms with Crippen LogP contribution in [0.4, 0.5) is 5.69 Å². The summed E-state index contributed by atoms with van der Waals surface area (Å²) in [5, 5.41) is 4.24. The van der Waals surface area contributed by atoms with Gasteiger partial charge in [-0.25, -0.2) is 0 Å². The fraction of sp³-hybridized carbons (Fsp3) is 0.185. The highest BCUT2D eigenvalue weighted by molar-refractivity contribution is 9.10. The van der Waals surface area contributed by atoms with Crippen molar-refractivity contribution in [1.82, 2.24) is 14.9 Å². The van der Waals surface area contributed by atoms with Gasteiger partial charge in [0, 0.05) is 33.4 Å². The first-order chi connectivity index (χ1) is 16.5. The molecule has 7 heteroatoms. The van der Waals surface area contributed by atoms with E-state index >= 15 is 0 Å². The van der Waals surface area contributed by atoms with Crippen LogP contribution in [0.5, 0.6) is 5.75 Å². The van der Waals surface area contributed by atoms with Crippen molar-refractivity contribution in [3.63, 3.8) is 0 Å². The Morgan fingerprint density at radius 2 is 1.74 bits per heavy atom. The number of hydrogen-bond acceptors (Lipinski definition) is 3. The van der Waals surface area contributed by atoms with Gasteiger partial charge in [0.1, 0.15) is 11.8 Å². The van der Waals surface area contributed by atoms with Crippen molar-refractivity contribution in [2.24, 2.45) is 0 Å². The standard InChI is InChI=1S/C27H25BrN4OS/c1-17-16-20(10-13-22(17)28)32-26(25(30-27(32)34)23-6-4-5-15-29-23)24-14-7-18(2)31(24)19-8-11-21(33-3)12-9-19/h4-16,25-26H,1-3H3,(H,30,34)/t25-,26+/m1/s1. The van der Waals surface area contributed by atoms with E-state index in [0.29, 0.717) is 5.11 Å². The van der Waals surface area contributed by atoms with E-state index < -0.39 is 0 Å². The minimum atomic E-state index is -0.107. The molecule has 0 amide bonds. The van der Waals surface area contributed by atoms with E-state index in [1.54, 1.807) is 7.11 Å². The van der Waals surface area contributed by atoms with Gasteiger partial charge in [-0.3, -0.25) is 4.98 Å². The number of pyridine rings is 1. The van der Waals surface area contributed by atoms with E-state index in [4.69, 9.17) is 17.0 Å². The first-order valence-electron chi connectivity index (χ1n) is 11.1. The molecule has 4 aromatic rings. The zero-order chi connectivity index (χ0) is 23.8. The summed E-state index contributed by atoms with van der Waals surface area (Å²) in [4.78, 5) is 6.89. The Hall–Kier alpha value is -3.16. The van der Waals surface area contributed by atoms with Crippen LogP contribution in [0.25, 0.3) is 5.69 Å². The predicted molar refractivity (Wildman–Crippen MR) is 144 cm³/mol. The highest BCUT2D eigenvalue weighted by atomic mass is 79.9. The van der Waals surface area contributed by atoms with E-state index in [-0.39, 0.29) is 12.1 Å². The van der Waals surface area contributed by atoms with Gasteiger partial charge < -0.3 is 19.5 Å². The zero-order valence-electron chi connectivity index (χ0n) is 19.2. The maximum Gasteiger partial charge on any atom is 0.174 e. The SMILES string of the molecule is COc1ccc(-n2c(C)ccc2[C@H]2[C@@H](c3ccccn3)NC(=S)N2c2ccc(Br)c(C)c2)cc1. The number of anilines is 1. The Morgan fingerprint density at radius 1 is 0.971 bits per heavy atom. The maximum atomic E-state index is 5.90. The third-order valence-corrected chi connectivity index (χ3v) is 7.46. The largest absolute Gasteiger partial charge is 0.497 e. The van der Waals surface area contributed by atoms with E-state index in [0.717, 1.165) is 44.2 Å². The molecule has 1 aliphatic rings. The summed E-state index contributed by atoms with van der Waals surface area (Å²) < 4.78 is 8.73. The lowest BCUT2D eigenvalue weighted by Crippen LogP contribution is -2.30. The van der Waals surface area contributed by atoms with Crippen molar-refractivity contribution in [3.05, 3.63) is 106 Å². The van der Waals surface area contributed by atoms with Crippen LogP contribution >= 0.6 is 28.1 Å². The van der Waals surface area contributed by atoms with Crippen molar-refractivity contribution in [3.8, 4) is 11.4 Å². The fourth-order valence-electron chi connectivity index (χ4n) is 4.59. The van der Waals surface area contributed by atoms with Gasteiger partial charge in [-0.05, 0) is 98.4 Å². The third-order valence-electron chi connectivity index (χ3n) is 6.26. The molecule has 2 atom stereocenters. The highest BCUT2D eigenvalue weighted by Crippen LogP contribution is 2.43. The summed E-state index contributed by atoms with van der Waals surface area (Å²) in [6, 6.07) is 24.6. The van der Waals surface area contributed by atoms with Crippen LogP contribution in [0.3, 0.4) is 0 Å². The second kappa shape index (κ2) is 9.24. The number of rotatable bonds is 5. The van der Waals surface area contributed by atoms with Crippen molar-refractivity contribution < 1.29 is 4.74 Å². The van der Waals surface area contributed by atoms with Gasteiger partial charge in [-0.2, -0.15) is 0 Å². The van der Waals surface area contributed by atoms with E-state index in [1.165, 1.54) is 0 Å². The Kier molecular flexibility index (Phi) is 6.15. The topological polar surface area (TPSA) is 42.3 Å². The number of halogens is 1. The van der Waals surface area contributed by atoms with E-state index in [1.807, 2.05) is 30.5 Å². The van der Waals surface area contributed by atoms with Crippen molar-refractivity contribution >= 4 is 38.9 Å². The van der Waals surface area contributed by atoms with Crippen LogP contribution < -0.4 is 15.0 Å². The smallest absolute Gasteiger partial charge is 0.174 e. The molecular weight excluding hydrogens is 508 g/mol. The number of methoxy groups -OCH3 is 1. The molecule has 1 fully saturated rings. The zero-order valence-corrected chi connectivity index (χ0v) is 21.6. The van der Waals surface area contributed by atoms with Crippen molar-refractivity contribution in [1.29, 1.82) is 0 Å². The van der Waals surface area contributed by atoms with Gasteiger partial charge in [-0.15, -0.1) is 0 Å². The number of aryl methyl sites for hydroxylation is 2.